The molecule has 1 saturated heterocycles. The summed E-state index contributed by atoms with van der Waals surface area (Å²) in [5, 5.41) is 5.01. The van der Waals surface area contributed by atoms with Gasteiger partial charge in [-0.25, -0.2) is 0 Å². The van der Waals surface area contributed by atoms with E-state index in [0.717, 1.165) is 61.3 Å². The number of rotatable bonds is 6. The van der Waals surface area contributed by atoms with Crippen molar-refractivity contribution in [3.8, 4) is 23.8 Å². The molecule has 0 unspecified atom stereocenters. The Morgan fingerprint density at radius 1 is 1.21 bits per heavy atom. The van der Waals surface area contributed by atoms with Crippen molar-refractivity contribution < 1.29 is 9.47 Å². The third-order valence-corrected chi connectivity index (χ3v) is 5.94. The minimum absolute atomic E-state index is 0.426. The lowest BCUT2D eigenvalue weighted by Crippen LogP contribution is -2.42. The predicted molar refractivity (Wildman–Crippen MR) is 113 cm³/mol. The molecule has 2 heterocycles. The van der Waals surface area contributed by atoms with Crippen LogP contribution < -0.4 is 14.8 Å². The van der Waals surface area contributed by atoms with Gasteiger partial charge in [0.15, 0.2) is 11.5 Å². The summed E-state index contributed by atoms with van der Waals surface area (Å²) < 4.78 is 11.1. The minimum Gasteiger partial charge on any atom is -0.493 e. The second kappa shape index (κ2) is 8.28. The Bertz CT molecular complexity index is 903. The lowest BCUT2D eigenvalue weighted by Gasteiger charge is -2.34. The number of aromatic nitrogens is 1. The van der Waals surface area contributed by atoms with Crippen LogP contribution in [0.25, 0.3) is 10.9 Å². The molecule has 1 N–H and O–H groups in total. The second-order valence-corrected chi connectivity index (χ2v) is 7.73. The number of pyridine rings is 1. The third kappa shape index (κ3) is 3.62. The van der Waals surface area contributed by atoms with E-state index in [9.17, 15) is 0 Å². The Morgan fingerprint density at radius 3 is 2.82 bits per heavy atom. The highest BCUT2D eigenvalue weighted by atomic mass is 16.5. The summed E-state index contributed by atoms with van der Waals surface area (Å²) in [6, 6.07) is 4.49. The number of ether oxygens (including phenoxy) is 2. The van der Waals surface area contributed by atoms with Gasteiger partial charge in [-0.2, -0.15) is 0 Å². The number of terminal acetylenes is 1. The topological polar surface area (TPSA) is 46.6 Å². The SMILES string of the molecule is C#CCCN1CCC[C@@H](Nc2c3c(nc4cc(OC)c(OC)cc24)CCC3)C1. The molecule has 1 aliphatic carbocycles. The fourth-order valence-corrected chi connectivity index (χ4v) is 4.56. The van der Waals surface area contributed by atoms with Crippen molar-refractivity contribution in [2.24, 2.45) is 0 Å². The van der Waals surface area contributed by atoms with E-state index in [0.29, 0.717) is 6.04 Å². The predicted octanol–water partition coefficient (Wildman–Crippen LogP) is 3.64. The number of hydrogen-bond donors (Lipinski definition) is 1. The van der Waals surface area contributed by atoms with E-state index in [1.54, 1.807) is 14.2 Å². The summed E-state index contributed by atoms with van der Waals surface area (Å²) in [4.78, 5) is 7.42. The van der Waals surface area contributed by atoms with Crippen molar-refractivity contribution in [1.82, 2.24) is 9.88 Å². The van der Waals surface area contributed by atoms with Crippen molar-refractivity contribution >= 4 is 16.6 Å². The van der Waals surface area contributed by atoms with Crippen LogP contribution in [0.15, 0.2) is 12.1 Å². The van der Waals surface area contributed by atoms with Gasteiger partial charge >= 0.3 is 0 Å². The molecule has 1 aliphatic heterocycles. The van der Waals surface area contributed by atoms with Crippen molar-refractivity contribution in [2.75, 3.05) is 39.2 Å². The van der Waals surface area contributed by atoms with Crippen LogP contribution in [0, 0.1) is 12.3 Å². The summed E-state index contributed by atoms with van der Waals surface area (Å²) in [5.41, 5.74) is 4.81. The maximum absolute atomic E-state index is 5.56. The fraction of sp³-hybridized carbons (Fsp3) is 0.522. The molecule has 0 saturated carbocycles. The zero-order valence-electron chi connectivity index (χ0n) is 16.9. The van der Waals surface area contributed by atoms with Crippen LogP contribution in [0.4, 0.5) is 5.69 Å². The molecule has 4 rings (SSSR count). The molecule has 1 aromatic heterocycles. The summed E-state index contributed by atoms with van der Waals surface area (Å²) >= 11 is 0. The molecule has 2 aliphatic rings. The van der Waals surface area contributed by atoms with Gasteiger partial charge in [0.25, 0.3) is 0 Å². The summed E-state index contributed by atoms with van der Waals surface area (Å²) in [7, 11) is 3.35. The minimum atomic E-state index is 0.426. The van der Waals surface area contributed by atoms with Crippen LogP contribution in [0.2, 0.25) is 0 Å². The average Bonchev–Trinajstić information content (AvgIpc) is 3.19. The lowest BCUT2D eigenvalue weighted by molar-refractivity contribution is 0.221. The van der Waals surface area contributed by atoms with E-state index >= 15 is 0 Å². The largest absolute Gasteiger partial charge is 0.493 e. The number of methoxy groups -OCH3 is 2. The van der Waals surface area contributed by atoms with Gasteiger partial charge < -0.3 is 19.7 Å². The molecule has 148 valence electrons. The van der Waals surface area contributed by atoms with Gasteiger partial charge in [-0.1, -0.05) is 0 Å². The highest BCUT2D eigenvalue weighted by Crippen LogP contribution is 2.40. The van der Waals surface area contributed by atoms with E-state index < -0.39 is 0 Å². The number of aryl methyl sites for hydroxylation is 1. The first kappa shape index (κ1) is 18.9. The van der Waals surface area contributed by atoms with Gasteiger partial charge in [0.2, 0.25) is 0 Å². The first-order valence-corrected chi connectivity index (χ1v) is 10.2. The molecular formula is C23H29N3O2. The summed E-state index contributed by atoms with van der Waals surface area (Å²) in [6.07, 6.45) is 12.0. The number of nitrogens with zero attached hydrogens (tertiary/aromatic N) is 2. The van der Waals surface area contributed by atoms with E-state index in [2.05, 4.69) is 22.2 Å². The lowest BCUT2D eigenvalue weighted by atomic mass is 10.0. The van der Waals surface area contributed by atoms with Crippen LogP contribution in [0.3, 0.4) is 0 Å². The van der Waals surface area contributed by atoms with Crippen molar-refractivity contribution in [3.63, 3.8) is 0 Å². The molecule has 1 aromatic carbocycles. The number of piperidine rings is 1. The van der Waals surface area contributed by atoms with Crippen molar-refractivity contribution in [3.05, 3.63) is 23.4 Å². The van der Waals surface area contributed by atoms with E-state index in [1.165, 1.54) is 36.2 Å². The van der Waals surface area contributed by atoms with Crippen molar-refractivity contribution in [1.29, 1.82) is 0 Å². The standard InChI is InChI=1S/C23H29N3O2/c1-4-5-11-26-12-7-8-16(15-26)24-23-17-9-6-10-19(17)25-20-14-22(28-3)21(27-2)13-18(20)23/h1,13-14,16H,5-12,15H2,2-3H3,(H,24,25)/t16-/m1/s1. The van der Waals surface area contributed by atoms with E-state index in [4.69, 9.17) is 20.9 Å². The Balaban J connectivity index is 1.70. The van der Waals surface area contributed by atoms with Crippen molar-refractivity contribution in [2.45, 2.75) is 44.6 Å². The molecule has 0 amide bonds. The summed E-state index contributed by atoms with van der Waals surface area (Å²) in [5.74, 6) is 4.24. The molecule has 0 radical (unpaired) electrons. The number of anilines is 1. The highest BCUT2D eigenvalue weighted by molar-refractivity contribution is 5.96. The summed E-state index contributed by atoms with van der Waals surface area (Å²) in [6.45, 7) is 3.16. The maximum atomic E-state index is 5.56. The van der Waals surface area contributed by atoms with Crippen LogP contribution in [0.1, 0.15) is 36.9 Å². The molecule has 5 nitrogen and oxygen atoms in total. The molecular weight excluding hydrogens is 350 g/mol. The molecule has 28 heavy (non-hydrogen) atoms. The zero-order valence-corrected chi connectivity index (χ0v) is 16.9. The zero-order chi connectivity index (χ0) is 19.5. The maximum Gasteiger partial charge on any atom is 0.162 e. The Morgan fingerprint density at radius 2 is 2.04 bits per heavy atom. The normalized spacial score (nSPS) is 19.2. The van der Waals surface area contributed by atoms with Crippen LogP contribution >= 0.6 is 0 Å². The van der Waals surface area contributed by atoms with Gasteiger partial charge in [0, 0.05) is 48.4 Å². The quantitative estimate of drug-likeness (QED) is 0.777. The number of benzene rings is 1. The number of nitrogens with one attached hydrogen (secondary N) is 1. The van der Waals surface area contributed by atoms with Gasteiger partial charge in [-0.05, 0) is 50.3 Å². The van der Waals surface area contributed by atoms with Gasteiger partial charge in [-0.3, -0.25) is 4.98 Å². The fourth-order valence-electron chi connectivity index (χ4n) is 4.56. The molecule has 2 aromatic rings. The van der Waals surface area contributed by atoms with E-state index in [-0.39, 0.29) is 0 Å². The Hall–Kier alpha value is -2.45. The first-order chi connectivity index (χ1) is 13.7. The number of likely N-dealkylation sites (tertiary alicyclic amines) is 1. The van der Waals surface area contributed by atoms with Crippen LogP contribution in [-0.2, 0) is 12.8 Å². The Kier molecular flexibility index (Phi) is 5.59. The highest BCUT2D eigenvalue weighted by Gasteiger charge is 2.25. The second-order valence-electron chi connectivity index (χ2n) is 7.73. The monoisotopic (exact) mass is 379 g/mol. The average molecular weight is 380 g/mol. The molecule has 5 heteroatoms. The van der Waals surface area contributed by atoms with Gasteiger partial charge in [0.1, 0.15) is 0 Å². The molecule has 1 atom stereocenters. The van der Waals surface area contributed by atoms with Gasteiger partial charge in [0.05, 0.1) is 19.7 Å². The number of fused-ring (bicyclic) bond motifs is 2. The molecule has 0 spiro atoms. The van der Waals surface area contributed by atoms with Crippen LogP contribution in [0.5, 0.6) is 11.5 Å². The smallest absolute Gasteiger partial charge is 0.162 e. The first-order valence-electron chi connectivity index (χ1n) is 10.2. The van der Waals surface area contributed by atoms with E-state index in [1.807, 2.05) is 6.07 Å². The Labute approximate surface area is 167 Å². The third-order valence-electron chi connectivity index (χ3n) is 5.94. The number of hydrogen-bond acceptors (Lipinski definition) is 5. The van der Waals surface area contributed by atoms with Crippen LogP contribution in [-0.4, -0.2) is 49.8 Å². The molecule has 1 fully saturated rings. The molecule has 0 bridgehead atoms. The van der Waals surface area contributed by atoms with Gasteiger partial charge in [-0.15, -0.1) is 12.3 Å².